The van der Waals surface area contributed by atoms with Crippen molar-refractivity contribution in [3.63, 3.8) is 0 Å². The summed E-state index contributed by atoms with van der Waals surface area (Å²) in [5.41, 5.74) is 1.99. The van der Waals surface area contributed by atoms with Gasteiger partial charge in [-0.05, 0) is 53.9 Å². The number of hydrogen-bond donors (Lipinski definition) is 1. The standard InChI is InChI=1S/C29H33Cl2N3O5S/c1-32-29(36)27(18-21-8-5-4-6-9-21)33(20-22-11-12-23(30)19-26(22)31)28(35)10-7-17-34(40(3,37)38)24-13-15-25(39-2)16-14-24/h4-6,8-9,11-16,19,27H,7,10,17-18,20H2,1-3H3,(H,32,36). The molecule has 8 nitrogen and oxygen atoms in total. The molecule has 3 aromatic rings. The number of methoxy groups -OCH3 is 1. The maximum Gasteiger partial charge on any atom is 0.242 e. The van der Waals surface area contributed by atoms with Gasteiger partial charge in [-0.2, -0.15) is 0 Å². The van der Waals surface area contributed by atoms with Crippen LogP contribution in [0, 0.1) is 0 Å². The molecule has 3 aromatic carbocycles. The average molecular weight is 607 g/mol. The van der Waals surface area contributed by atoms with E-state index in [-0.39, 0.29) is 37.7 Å². The smallest absolute Gasteiger partial charge is 0.242 e. The molecule has 0 fully saturated rings. The van der Waals surface area contributed by atoms with Crippen LogP contribution in [0.15, 0.2) is 72.8 Å². The van der Waals surface area contributed by atoms with Crippen LogP contribution in [0.2, 0.25) is 10.0 Å². The first-order valence-corrected chi connectivity index (χ1v) is 15.2. The molecule has 11 heteroatoms. The van der Waals surface area contributed by atoms with E-state index in [1.807, 2.05) is 30.3 Å². The van der Waals surface area contributed by atoms with E-state index in [0.29, 0.717) is 33.5 Å². The van der Waals surface area contributed by atoms with Crippen molar-refractivity contribution in [1.82, 2.24) is 10.2 Å². The van der Waals surface area contributed by atoms with Crippen molar-refractivity contribution < 1.29 is 22.7 Å². The Morgan fingerprint density at radius 1 is 1.00 bits per heavy atom. The maximum atomic E-state index is 13.7. The number of ether oxygens (including phenoxy) is 1. The predicted molar refractivity (Wildman–Crippen MR) is 159 cm³/mol. The van der Waals surface area contributed by atoms with Crippen LogP contribution in [0.5, 0.6) is 5.75 Å². The number of nitrogens with one attached hydrogen (secondary N) is 1. The van der Waals surface area contributed by atoms with Crippen LogP contribution < -0.4 is 14.4 Å². The molecule has 1 N–H and O–H groups in total. The molecular formula is C29H33Cl2N3O5S. The van der Waals surface area contributed by atoms with Crippen LogP contribution in [0.4, 0.5) is 5.69 Å². The normalized spacial score (nSPS) is 11.9. The van der Waals surface area contributed by atoms with Crippen LogP contribution in [-0.4, -0.2) is 58.1 Å². The summed E-state index contributed by atoms with van der Waals surface area (Å²) in [5.74, 6) is -0.0282. The van der Waals surface area contributed by atoms with E-state index in [1.54, 1.807) is 42.5 Å². The van der Waals surface area contributed by atoms with Gasteiger partial charge in [-0.25, -0.2) is 8.42 Å². The van der Waals surface area contributed by atoms with Gasteiger partial charge < -0.3 is 15.0 Å². The predicted octanol–water partition coefficient (Wildman–Crippen LogP) is 4.93. The first-order chi connectivity index (χ1) is 19.0. The van der Waals surface area contributed by atoms with Gasteiger partial charge in [0, 0.05) is 43.0 Å². The molecule has 0 saturated carbocycles. The van der Waals surface area contributed by atoms with Crippen LogP contribution in [0.25, 0.3) is 0 Å². The lowest BCUT2D eigenvalue weighted by Gasteiger charge is -2.32. The Kier molecular flexibility index (Phi) is 11.2. The maximum absolute atomic E-state index is 13.7. The fourth-order valence-electron chi connectivity index (χ4n) is 4.31. The van der Waals surface area contributed by atoms with Gasteiger partial charge in [0.25, 0.3) is 0 Å². The van der Waals surface area contributed by atoms with Gasteiger partial charge in [-0.15, -0.1) is 0 Å². The molecule has 40 heavy (non-hydrogen) atoms. The van der Waals surface area contributed by atoms with Crippen LogP contribution in [0.1, 0.15) is 24.0 Å². The Bertz CT molecular complexity index is 1400. The number of benzene rings is 3. The summed E-state index contributed by atoms with van der Waals surface area (Å²) < 4.78 is 31.5. The summed E-state index contributed by atoms with van der Waals surface area (Å²) in [4.78, 5) is 28.3. The Balaban J connectivity index is 1.86. The van der Waals surface area contributed by atoms with Gasteiger partial charge in [0.1, 0.15) is 11.8 Å². The molecule has 0 spiro atoms. The van der Waals surface area contributed by atoms with Crippen molar-refractivity contribution in [2.24, 2.45) is 0 Å². The fourth-order valence-corrected chi connectivity index (χ4v) is 5.74. The molecule has 0 aliphatic rings. The Morgan fingerprint density at radius 3 is 2.25 bits per heavy atom. The first-order valence-electron chi connectivity index (χ1n) is 12.6. The second-order valence-electron chi connectivity index (χ2n) is 9.21. The lowest BCUT2D eigenvalue weighted by Crippen LogP contribution is -2.49. The molecule has 0 heterocycles. The van der Waals surface area contributed by atoms with Gasteiger partial charge >= 0.3 is 0 Å². The monoisotopic (exact) mass is 605 g/mol. The third-order valence-corrected chi connectivity index (χ3v) is 8.17. The minimum atomic E-state index is -3.61. The molecule has 3 rings (SSSR count). The van der Waals surface area contributed by atoms with E-state index >= 15 is 0 Å². The SMILES string of the molecule is CNC(=O)C(Cc1ccccc1)N(Cc1ccc(Cl)cc1Cl)C(=O)CCCN(c1ccc(OC)cc1)S(C)(=O)=O. The minimum Gasteiger partial charge on any atom is -0.497 e. The lowest BCUT2D eigenvalue weighted by atomic mass is 10.0. The lowest BCUT2D eigenvalue weighted by molar-refractivity contribution is -0.141. The Hall–Kier alpha value is -3.27. The molecule has 0 bridgehead atoms. The van der Waals surface area contributed by atoms with E-state index < -0.39 is 16.1 Å². The number of sulfonamides is 1. The topological polar surface area (TPSA) is 96.0 Å². The third-order valence-electron chi connectivity index (χ3n) is 6.39. The number of carbonyl (C=O) groups is 2. The first kappa shape index (κ1) is 31.3. The molecule has 214 valence electrons. The van der Waals surface area contributed by atoms with Crippen molar-refractivity contribution in [3.05, 3.63) is 94.0 Å². The highest BCUT2D eigenvalue weighted by molar-refractivity contribution is 7.92. The van der Waals surface area contributed by atoms with Crippen molar-refractivity contribution in [2.45, 2.75) is 31.8 Å². The highest BCUT2D eigenvalue weighted by Gasteiger charge is 2.30. The van der Waals surface area contributed by atoms with Gasteiger partial charge in [0.2, 0.25) is 21.8 Å². The molecule has 0 aromatic heterocycles. The molecule has 1 atom stereocenters. The summed E-state index contributed by atoms with van der Waals surface area (Å²) in [6.45, 7) is 0.157. The van der Waals surface area contributed by atoms with Crippen molar-refractivity contribution in [3.8, 4) is 5.75 Å². The number of nitrogens with zero attached hydrogens (tertiary/aromatic N) is 2. The average Bonchev–Trinajstić information content (AvgIpc) is 2.93. The Morgan fingerprint density at radius 2 is 1.68 bits per heavy atom. The number of rotatable bonds is 13. The number of likely N-dealkylation sites (N-methyl/N-ethyl adjacent to an activating group) is 1. The van der Waals surface area contributed by atoms with E-state index in [9.17, 15) is 18.0 Å². The number of carbonyl (C=O) groups excluding carboxylic acids is 2. The van der Waals surface area contributed by atoms with Crippen molar-refractivity contribution in [1.29, 1.82) is 0 Å². The Labute approximate surface area is 245 Å². The zero-order valence-corrected chi connectivity index (χ0v) is 25.0. The highest BCUT2D eigenvalue weighted by Crippen LogP contribution is 2.25. The molecular weight excluding hydrogens is 573 g/mol. The molecule has 2 amide bonds. The minimum absolute atomic E-state index is 0.00959. The summed E-state index contributed by atoms with van der Waals surface area (Å²) in [6.07, 6.45) is 1.65. The zero-order valence-electron chi connectivity index (χ0n) is 22.6. The third kappa shape index (κ3) is 8.61. The molecule has 0 aliphatic heterocycles. The van der Waals surface area contributed by atoms with Gasteiger partial charge in [-0.3, -0.25) is 13.9 Å². The van der Waals surface area contributed by atoms with Gasteiger partial charge in [-0.1, -0.05) is 59.6 Å². The second kappa shape index (κ2) is 14.4. The number of hydrogen-bond acceptors (Lipinski definition) is 5. The number of amides is 2. The number of anilines is 1. The summed E-state index contributed by atoms with van der Waals surface area (Å²) in [6, 6.07) is 20.2. The summed E-state index contributed by atoms with van der Waals surface area (Å²) in [5, 5.41) is 3.51. The summed E-state index contributed by atoms with van der Waals surface area (Å²) >= 11 is 12.5. The van der Waals surface area contributed by atoms with Gasteiger partial charge in [0.15, 0.2) is 0 Å². The van der Waals surface area contributed by atoms with Crippen LogP contribution in [-0.2, 0) is 32.6 Å². The fraction of sp³-hybridized carbons (Fsp3) is 0.310. The van der Waals surface area contributed by atoms with Crippen molar-refractivity contribution >= 4 is 50.7 Å². The van der Waals surface area contributed by atoms with E-state index in [2.05, 4.69) is 5.32 Å². The quantitative estimate of drug-likeness (QED) is 0.298. The van der Waals surface area contributed by atoms with E-state index in [4.69, 9.17) is 27.9 Å². The highest BCUT2D eigenvalue weighted by atomic mass is 35.5. The van der Waals surface area contributed by atoms with Gasteiger partial charge in [0.05, 0.1) is 19.1 Å². The molecule has 0 radical (unpaired) electrons. The van der Waals surface area contributed by atoms with Crippen molar-refractivity contribution in [2.75, 3.05) is 31.3 Å². The van der Waals surface area contributed by atoms with E-state index in [0.717, 1.165) is 11.8 Å². The largest absolute Gasteiger partial charge is 0.497 e. The zero-order chi connectivity index (χ0) is 29.3. The van der Waals surface area contributed by atoms with Crippen LogP contribution in [0.3, 0.4) is 0 Å². The summed E-state index contributed by atoms with van der Waals surface area (Å²) in [7, 11) is -0.560. The van der Waals surface area contributed by atoms with Crippen LogP contribution >= 0.6 is 23.2 Å². The molecule has 0 saturated heterocycles. The number of halogens is 2. The molecule has 0 aliphatic carbocycles. The second-order valence-corrected chi connectivity index (χ2v) is 12.0. The molecule has 1 unspecified atom stereocenters. The van der Waals surface area contributed by atoms with E-state index in [1.165, 1.54) is 23.4 Å².